The maximum absolute atomic E-state index is 12.8. The number of H-pyrrole nitrogens is 1. The van der Waals surface area contributed by atoms with E-state index < -0.39 is 5.92 Å². The molecule has 1 aromatic carbocycles. The van der Waals surface area contributed by atoms with Crippen LogP contribution in [0.15, 0.2) is 24.3 Å². The zero-order valence-corrected chi connectivity index (χ0v) is 15.7. The quantitative estimate of drug-likeness (QED) is 0.833. The number of benzene rings is 1. The molecule has 0 fully saturated rings. The Bertz CT molecular complexity index is 795. The first-order valence-corrected chi connectivity index (χ1v) is 9.26. The molecule has 2 heterocycles. The summed E-state index contributed by atoms with van der Waals surface area (Å²) in [4.78, 5) is 32.6. The molecule has 3 rings (SSSR count). The lowest BCUT2D eigenvalue weighted by Gasteiger charge is -2.26. The van der Waals surface area contributed by atoms with E-state index in [0.29, 0.717) is 19.6 Å². The number of fused-ring (bicyclic) bond motifs is 3. The third kappa shape index (κ3) is 3.46. The molecular formula is C20H27N3O3. The van der Waals surface area contributed by atoms with E-state index in [0.717, 1.165) is 41.7 Å². The van der Waals surface area contributed by atoms with Crippen LogP contribution in [0.4, 0.5) is 0 Å². The number of nitrogens with one attached hydrogen (secondary N) is 1. The van der Waals surface area contributed by atoms with Crippen LogP contribution in [0.3, 0.4) is 0 Å². The topological polar surface area (TPSA) is 65.6 Å². The van der Waals surface area contributed by atoms with Crippen LogP contribution in [-0.2, 0) is 20.7 Å². The Balaban J connectivity index is 1.91. The third-order valence-electron chi connectivity index (χ3n) is 5.32. The van der Waals surface area contributed by atoms with Gasteiger partial charge in [0.05, 0.1) is 13.7 Å². The Hall–Kier alpha value is -2.34. The van der Waals surface area contributed by atoms with E-state index in [9.17, 15) is 9.59 Å². The number of aromatic amines is 1. The van der Waals surface area contributed by atoms with Crippen molar-refractivity contribution in [3.05, 3.63) is 35.5 Å². The van der Waals surface area contributed by atoms with Gasteiger partial charge in [0.2, 0.25) is 5.91 Å². The smallest absolute Gasteiger partial charge is 0.316 e. The number of hydrogen-bond acceptors (Lipinski definition) is 4. The Kier molecular flexibility index (Phi) is 5.61. The van der Waals surface area contributed by atoms with E-state index >= 15 is 0 Å². The fourth-order valence-electron chi connectivity index (χ4n) is 3.74. The predicted molar refractivity (Wildman–Crippen MR) is 101 cm³/mol. The molecule has 1 atom stereocenters. The summed E-state index contributed by atoms with van der Waals surface area (Å²) in [5.41, 5.74) is 3.03. The molecule has 0 saturated carbocycles. The Morgan fingerprint density at radius 1 is 1.27 bits per heavy atom. The molecular weight excluding hydrogens is 330 g/mol. The molecule has 140 valence electrons. The normalized spacial score (nSPS) is 17.2. The number of carbonyl (C=O) groups is 2. The van der Waals surface area contributed by atoms with E-state index in [1.165, 1.54) is 7.11 Å². The monoisotopic (exact) mass is 357 g/mol. The molecule has 0 saturated heterocycles. The highest BCUT2D eigenvalue weighted by Crippen LogP contribution is 2.32. The lowest BCUT2D eigenvalue weighted by atomic mass is 10.00. The van der Waals surface area contributed by atoms with Crippen molar-refractivity contribution in [3.8, 4) is 0 Å². The summed E-state index contributed by atoms with van der Waals surface area (Å²) < 4.78 is 5.04. The number of nitrogens with zero attached hydrogens (tertiary/aromatic N) is 2. The Morgan fingerprint density at radius 2 is 2.00 bits per heavy atom. The third-order valence-corrected chi connectivity index (χ3v) is 5.32. The number of aromatic nitrogens is 1. The highest BCUT2D eigenvalue weighted by molar-refractivity contribution is 5.89. The number of likely N-dealkylation sites (N-methyl/N-ethyl adjacent to an activating group) is 1. The molecule has 6 heteroatoms. The molecule has 1 unspecified atom stereocenters. The van der Waals surface area contributed by atoms with E-state index in [1.54, 1.807) is 0 Å². The van der Waals surface area contributed by atoms with Crippen LogP contribution in [0.2, 0.25) is 0 Å². The zero-order chi connectivity index (χ0) is 18.7. The van der Waals surface area contributed by atoms with Crippen LogP contribution in [0.5, 0.6) is 0 Å². The Labute approximate surface area is 154 Å². The first-order chi connectivity index (χ1) is 12.6. The first-order valence-electron chi connectivity index (χ1n) is 9.26. The summed E-state index contributed by atoms with van der Waals surface area (Å²) in [6.45, 7) is 7.12. The van der Waals surface area contributed by atoms with E-state index in [2.05, 4.69) is 16.0 Å². The summed E-state index contributed by atoms with van der Waals surface area (Å²) >= 11 is 0. The van der Waals surface area contributed by atoms with Crippen molar-refractivity contribution in [1.82, 2.24) is 14.8 Å². The lowest BCUT2D eigenvalue weighted by molar-refractivity contribution is -0.143. The van der Waals surface area contributed by atoms with Gasteiger partial charge in [-0.1, -0.05) is 32.0 Å². The average Bonchev–Trinajstić information content (AvgIpc) is 2.92. The van der Waals surface area contributed by atoms with Crippen molar-refractivity contribution in [2.24, 2.45) is 0 Å². The summed E-state index contributed by atoms with van der Waals surface area (Å²) in [5, 5.41) is 1.12. The molecule has 6 nitrogen and oxygen atoms in total. The fourth-order valence-corrected chi connectivity index (χ4v) is 3.74. The minimum Gasteiger partial charge on any atom is -0.468 e. The van der Waals surface area contributed by atoms with Crippen LogP contribution >= 0.6 is 0 Å². The number of rotatable bonds is 5. The van der Waals surface area contributed by atoms with Gasteiger partial charge >= 0.3 is 5.97 Å². The van der Waals surface area contributed by atoms with Gasteiger partial charge in [-0.05, 0) is 31.1 Å². The van der Waals surface area contributed by atoms with Crippen LogP contribution < -0.4 is 0 Å². The van der Waals surface area contributed by atoms with Crippen molar-refractivity contribution in [1.29, 1.82) is 0 Å². The molecule has 0 aliphatic carbocycles. The molecule has 1 aliphatic rings. The molecule has 1 aromatic heterocycles. The second-order valence-corrected chi connectivity index (χ2v) is 6.69. The van der Waals surface area contributed by atoms with Crippen molar-refractivity contribution < 1.29 is 14.3 Å². The van der Waals surface area contributed by atoms with Gasteiger partial charge in [0.15, 0.2) is 0 Å². The molecule has 26 heavy (non-hydrogen) atoms. The second-order valence-electron chi connectivity index (χ2n) is 6.69. The number of esters is 1. The molecule has 1 aliphatic heterocycles. The van der Waals surface area contributed by atoms with Gasteiger partial charge in [-0.15, -0.1) is 0 Å². The van der Waals surface area contributed by atoms with Gasteiger partial charge in [-0.25, -0.2) is 0 Å². The number of carbonyl (C=O) groups excluding carboxylic acids is 2. The Morgan fingerprint density at radius 3 is 2.69 bits per heavy atom. The summed E-state index contributed by atoms with van der Waals surface area (Å²) in [5.74, 6) is -0.719. The average molecular weight is 357 g/mol. The maximum Gasteiger partial charge on any atom is 0.316 e. The van der Waals surface area contributed by atoms with Gasteiger partial charge < -0.3 is 14.6 Å². The molecule has 1 amide bonds. The van der Waals surface area contributed by atoms with E-state index in [-0.39, 0.29) is 11.9 Å². The SMILES string of the molecule is CCN(CC)CC(=O)N1CCc2c([nH]c3ccccc23)C(C(=O)OC)C1. The van der Waals surface area contributed by atoms with Gasteiger partial charge in [0.1, 0.15) is 5.92 Å². The molecule has 0 spiro atoms. The highest BCUT2D eigenvalue weighted by Gasteiger charge is 2.33. The molecule has 0 radical (unpaired) electrons. The predicted octanol–water partition coefficient (Wildman–Crippen LogP) is 2.15. The number of hydrogen-bond donors (Lipinski definition) is 1. The minimum absolute atomic E-state index is 0.0667. The number of methoxy groups -OCH3 is 1. The fraction of sp³-hybridized carbons (Fsp3) is 0.500. The van der Waals surface area contributed by atoms with Crippen LogP contribution in [-0.4, -0.2) is 66.5 Å². The van der Waals surface area contributed by atoms with Crippen LogP contribution in [0.1, 0.15) is 31.0 Å². The zero-order valence-electron chi connectivity index (χ0n) is 15.7. The van der Waals surface area contributed by atoms with Crippen molar-refractivity contribution in [3.63, 3.8) is 0 Å². The van der Waals surface area contributed by atoms with Crippen LogP contribution in [0, 0.1) is 0 Å². The molecule has 0 bridgehead atoms. The summed E-state index contributed by atoms with van der Waals surface area (Å²) in [6.07, 6.45) is 0.733. The highest BCUT2D eigenvalue weighted by atomic mass is 16.5. The van der Waals surface area contributed by atoms with Gasteiger partial charge in [-0.2, -0.15) is 0 Å². The second kappa shape index (κ2) is 7.91. The van der Waals surface area contributed by atoms with Crippen molar-refractivity contribution >= 4 is 22.8 Å². The standard InChI is InChI=1S/C20H27N3O3/c1-4-22(5-2)13-18(24)23-11-10-15-14-8-6-7-9-17(14)21-19(15)16(12-23)20(25)26-3/h6-9,16,21H,4-5,10-13H2,1-3H3. The van der Waals surface area contributed by atoms with E-state index in [1.807, 2.05) is 36.9 Å². The largest absolute Gasteiger partial charge is 0.468 e. The molecule has 2 aromatic rings. The van der Waals surface area contributed by atoms with Gasteiger partial charge in [0, 0.05) is 29.7 Å². The van der Waals surface area contributed by atoms with E-state index in [4.69, 9.17) is 4.74 Å². The number of amides is 1. The van der Waals surface area contributed by atoms with Gasteiger partial charge in [0.25, 0.3) is 0 Å². The summed E-state index contributed by atoms with van der Waals surface area (Å²) in [6, 6.07) is 8.05. The number of para-hydroxylation sites is 1. The lowest BCUT2D eigenvalue weighted by Crippen LogP contribution is -2.43. The summed E-state index contributed by atoms with van der Waals surface area (Å²) in [7, 11) is 1.40. The van der Waals surface area contributed by atoms with Crippen molar-refractivity contribution in [2.45, 2.75) is 26.2 Å². The maximum atomic E-state index is 12.8. The number of ether oxygens (including phenoxy) is 1. The first kappa shape index (κ1) is 18.5. The van der Waals surface area contributed by atoms with Crippen molar-refractivity contribution in [2.75, 3.05) is 39.8 Å². The van der Waals surface area contributed by atoms with Crippen LogP contribution in [0.25, 0.3) is 10.9 Å². The minimum atomic E-state index is -0.481. The molecule has 1 N–H and O–H groups in total. The van der Waals surface area contributed by atoms with Gasteiger partial charge in [-0.3, -0.25) is 14.5 Å².